The quantitative estimate of drug-likeness (QED) is 0.547. The predicted octanol–water partition coefficient (Wildman–Crippen LogP) is 3.92. The summed E-state index contributed by atoms with van der Waals surface area (Å²) in [6.45, 7) is 4.14. The molecule has 0 saturated carbocycles. The zero-order valence-electron chi connectivity index (χ0n) is 16.5. The summed E-state index contributed by atoms with van der Waals surface area (Å²) in [5.74, 6) is -0.0837. The van der Waals surface area contributed by atoms with E-state index in [-0.39, 0.29) is 11.9 Å². The van der Waals surface area contributed by atoms with Crippen molar-refractivity contribution < 1.29 is 4.79 Å². The lowest BCUT2D eigenvalue weighted by Gasteiger charge is -2.12. The molecule has 29 heavy (non-hydrogen) atoms. The first kappa shape index (κ1) is 18.7. The Morgan fingerprint density at radius 1 is 1.00 bits per heavy atom. The molecule has 4 aromatic rings. The highest BCUT2D eigenvalue weighted by Crippen LogP contribution is 2.23. The van der Waals surface area contributed by atoms with Gasteiger partial charge >= 0.3 is 0 Å². The highest BCUT2D eigenvalue weighted by molar-refractivity contribution is 5.80. The van der Waals surface area contributed by atoms with E-state index in [0.29, 0.717) is 6.54 Å². The molecular weight excluding hydrogens is 362 g/mol. The monoisotopic (exact) mass is 385 g/mol. The van der Waals surface area contributed by atoms with Crippen LogP contribution in [-0.2, 0) is 11.3 Å². The van der Waals surface area contributed by atoms with Gasteiger partial charge in [0.25, 0.3) is 0 Å². The van der Waals surface area contributed by atoms with E-state index in [1.165, 1.54) is 0 Å². The Hall–Kier alpha value is -3.67. The van der Waals surface area contributed by atoms with Crippen LogP contribution in [0.3, 0.4) is 0 Å². The van der Waals surface area contributed by atoms with Gasteiger partial charge in [-0.3, -0.25) is 9.48 Å². The Morgan fingerprint density at radius 3 is 2.34 bits per heavy atom. The third-order valence-electron chi connectivity index (χ3n) is 4.83. The van der Waals surface area contributed by atoms with Crippen LogP contribution >= 0.6 is 0 Å². The van der Waals surface area contributed by atoms with Gasteiger partial charge in [0, 0.05) is 30.1 Å². The van der Waals surface area contributed by atoms with Gasteiger partial charge < -0.3 is 5.32 Å². The van der Waals surface area contributed by atoms with Crippen LogP contribution in [0.15, 0.2) is 79.1 Å². The second-order valence-electron chi connectivity index (χ2n) is 6.98. The Bertz CT molecular complexity index is 1100. The number of nitrogens with one attached hydrogen (secondary N) is 1. The van der Waals surface area contributed by atoms with Gasteiger partial charge in [-0.1, -0.05) is 48.5 Å². The molecule has 0 aliphatic rings. The second kappa shape index (κ2) is 8.14. The minimum absolute atomic E-state index is 0.0837. The number of hydrogen-bond donors (Lipinski definition) is 1. The predicted molar refractivity (Wildman–Crippen MR) is 113 cm³/mol. The third-order valence-corrected chi connectivity index (χ3v) is 4.83. The third kappa shape index (κ3) is 4.11. The summed E-state index contributed by atoms with van der Waals surface area (Å²) in [7, 11) is 0. The van der Waals surface area contributed by atoms with Crippen LogP contribution in [0.5, 0.6) is 0 Å². The molecule has 1 atom stereocenters. The van der Waals surface area contributed by atoms with Crippen molar-refractivity contribution in [3.8, 4) is 16.9 Å². The van der Waals surface area contributed by atoms with Gasteiger partial charge in [0.2, 0.25) is 5.91 Å². The molecule has 0 radical (unpaired) electrons. The summed E-state index contributed by atoms with van der Waals surface area (Å²) >= 11 is 0. The number of aromatic nitrogens is 4. The van der Waals surface area contributed by atoms with E-state index in [4.69, 9.17) is 5.10 Å². The second-order valence-corrected chi connectivity index (χ2v) is 6.98. The van der Waals surface area contributed by atoms with Crippen molar-refractivity contribution in [1.29, 1.82) is 0 Å². The van der Waals surface area contributed by atoms with E-state index in [1.807, 2.05) is 97.7 Å². The largest absolute Gasteiger partial charge is 0.350 e. The molecule has 0 aliphatic heterocycles. The smallest absolute Gasteiger partial charge is 0.244 e. The number of rotatable bonds is 6. The molecule has 146 valence electrons. The van der Waals surface area contributed by atoms with E-state index in [2.05, 4.69) is 10.4 Å². The van der Waals surface area contributed by atoms with Gasteiger partial charge in [-0.2, -0.15) is 10.2 Å². The standard InChI is InChI=1S/C23H23N5O/c1-17-13-14-27(25-17)18(2)23(29)24-15-20-16-28(21-11-7-4-8-12-21)26-22(20)19-9-5-3-6-10-19/h3-14,16,18H,15H2,1-2H3,(H,24,29). The van der Waals surface area contributed by atoms with Crippen molar-refractivity contribution in [3.05, 3.63) is 90.4 Å². The number of carbonyl (C=O) groups excluding carboxylic acids is 1. The summed E-state index contributed by atoms with van der Waals surface area (Å²) in [5, 5.41) is 12.1. The molecule has 6 nitrogen and oxygen atoms in total. The maximum absolute atomic E-state index is 12.7. The molecule has 1 unspecified atom stereocenters. The van der Waals surface area contributed by atoms with Crippen LogP contribution in [0.1, 0.15) is 24.2 Å². The Balaban J connectivity index is 1.58. The van der Waals surface area contributed by atoms with E-state index in [0.717, 1.165) is 28.2 Å². The van der Waals surface area contributed by atoms with Gasteiger partial charge in [0.05, 0.1) is 17.1 Å². The molecule has 0 spiro atoms. The van der Waals surface area contributed by atoms with Crippen LogP contribution in [0, 0.1) is 6.92 Å². The van der Waals surface area contributed by atoms with Gasteiger partial charge in [-0.15, -0.1) is 0 Å². The average Bonchev–Trinajstić information content (AvgIpc) is 3.39. The SMILES string of the molecule is Cc1ccn(C(C)C(=O)NCc2cn(-c3ccccc3)nc2-c2ccccc2)n1. The van der Waals surface area contributed by atoms with Gasteiger partial charge in [0.15, 0.2) is 0 Å². The summed E-state index contributed by atoms with van der Waals surface area (Å²) in [4.78, 5) is 12.7. The topological polar surface area (TPSA) is 64.7 Å². The van der Waals surface area contributed by atoms with Crippen molar-refractivity contribution in [1.82, 2.24) is 24.9 Å². The maximum Gasteiger partial charge on any atom is 0.244 e. The Kier molecular flexibility index (Phi) is 5.24. The van der Waals surface area contributed by atoms with Crippen molar-refractivity contribution in [2.75, 3.05) is 0 Å². The van der Waals surface area contributed by atoms with Crippen LogP contribution in [0.25, 0.3) is 16.9 Å². The molecule has 2 aromatic heterocycles. The minimum Gasteiger partial charge on any atom is -0.350 e. The van der Waals surface area contributed by atoms with Crippen LogP contribution in [0.2, 0.25) is 0 Å². The molecule has 0 fully saturated rings. The van der Waals surface area contributed by atoms with E-state index in [9.17, 15) is 4.79 Å². The van der Waals surface area contributed by atoms with Crippen molar-refractivity contribution in [3.63, 3.8) is 0 Å². The minimum atomic E-state index is -0.381. The Morgan fingerprint density at radius 2 is 1.69 bits per heavy atom. The zero-order chi connectivity index (χ0) is 20.2. The van der Waals surface area contributed by atoms with E-state index in [1.54, 1.807) is 4.68 Å². The van der Waals surface area contributed by atoms with E-state index < -0.39 is 0 Å². The number of carbonyl (C=O) groups is 1. The number of para-hydroxylation sites is 1. The molecule has 0 bridgehead atoms. The van der Waals surface area contributed by atoms with Gasteiger partial charge in [0.1, 0.15) is 6.04 Å². The Labute approximate surface area is 169 Å². The normalized spacial score (nSPS) is 11.9. The van der Waals surface area contributed by atoms with Crippen LogP contribution < -0.4 is 5.32 Å². The maximum atomic E-state index is 12.7. The molecule has 6 heteroatoms. The molecule has 2 heterocycles. The lowest BCUT2D eigenvalue weighted by molar-refractivity contribution is -0.124. The van der Waals surface area contributed by atoms with E-state index >= 15 is 0 Å². The fourth-order valence-electron chi connectivity index (χ4n) is 3.19. The molecule has 1 amide bonds. The zero-order valence-corrected chi connectivity index (χ0v) is 16.5. The molecule has 2 aromatic carbocycles. The fraction of sp³-hybridized carbons (Fsp3) is 0.174. The number of hydrogen-bond acceptors (Lipinski definition) is 3. The summed E-state index contributed by atoms with van der Waals surface area (Å²) < 4.78 is 3.53. The molecule has 4 rings (SSSR count). The van der Waals surface area contributed by atoms with Crippen molar-refractivity contribution in [2.24, 2.45) is 0 Å². The van der Waals surface area contributed by atoms with Crippen molar-refractivity contribution in [2.45, 2.75) is 26.4 Å². The fourth-order valence-corrected chi connectivity index (χ4v) is 3.19. The summed E-state index contributed by atoms with van der Waals surface area (Å²) in [6.07, 6.45) is 3.79. The van der Waals surface area contributed by atoms with Crippen LogP contribution in [0.4, 0.5) is 0 Å². The van der Waals surface area contributed by atoms with Crippen molar-refractivity contribution >= 4 is 5.91 Å². The first-order valence-corrected chi connectivity index (χ1v) is 9.60. The summed E-state index contributed by atoms with van der Waals surface area (Å²) in [6, 6.07) is 21.5. The molecule has 1 N–H and O–H groups in total. The molecule has 0 aliphatic carbocycles. The number of nitrogens with zero attached hydrogens (tertiary/aromatic N) is 4. The molecular formula is C23H23N5O. The lowest BCUT2D eigenvalue weighted by atomic mass is 10.1. The van der Waals surface area contributed by atoms with Gasteiger partial charge in [-0.25, -0.2) is 4.68 Å². The molecule has 0 saturated heterocycles. The number of aryl methyl sites for hydroxylation is 1. The highest BCUT2D eigenvalue weighted by Gasteiger charge is 2.18. The lowest BCUT2D eigenvalue weighted by Crippen LogP contribution is -2.31. The number of amides is 1. The average molecular weight is 385 g/mol. The summed E-state index contributed by atoms with van der Waals surface area (Å²) in [5.41, 5.74) is 4.69. The number of benzene rings is 2. The highest BCUT2D eigenvalue weighted by atomic mass is 16.2. The first-order chi connectivity index (χ1) is 14.1. The van der Waals surface area contributed by atoms with Crippen LogP contribution in [-0.4, -0.2) is 25.5 Å². The van der Waals surface area contributed by atoms with Gasteiger partial charge in [-0.05, 0) is 32.0 Å². The first-order valence-electron chi connectivity index (χ1n) is 9.60.